The molecule has 0 saturated heterocycles. The maximum atomic E-state index is 12.1. The lowest BCUT2D eigenvalue weighted by molar-refractivity contribution is 0.0950. The van der Waals surface area contributed by atoms with E-state index in [0.29, 0.717) is 24.5 Å². The van der Waals surface area contributed by atoms with Crippen molar-refractivity contribution in [2.45, 2.75) is 6.54 Å². The Morgan fingerprint density at radius 1 is 1.21 bits per heavy atom. The van der Waals surface area contributed by atoms with Crippen LogP contribution in [0.15, 0.2) is 54.0 Å². The van der Waals surface area contributed by atoms with Crippen LogP contribution in [0.5, 0.6) is 0 Å². The molecule has 24 heavy (non-hydrogen) atoms. The normalized spacial score (nSPS) is 10.5. The Hall–Kier alpha value is -3.29. The number of hydrogen-bond acceptors (Lipinski definition) is 5. The maximum Gasteiger partial charge on any atom is 0.263 e. The van der Waals surface area contributed by atoms with E-state index in [2.05, 4.69) is 20.4 Å². The zero-order valence-corrected chi connectivity index (χ0v) is 13.1. The van der Waals surface area contributed by atoms with Crippen molar-refractivity contribution >= 4 is 5.91 Å². The summed E-state index contributed by atoms with van der Waals surface area (Å²) in [6.45, 7) is 0.845. The number of rotatable bonds is 5. The van der Waals surface area contributed by atoms with Gasteiger partial charge in [0.2, 0.25) is 0 Å². The van der Waals surface area contributed by atoms with Gasteiger partial charge in [-0.1, -0.05) is 0 Å². The van der Waals surface area contributed by atoms with Gasteiger partial charge in [0.15, 0.2) is 0 Å². The molecule has 8 nitrogen and oxygen atoms in total. The fraction of sp³-hybridized carbons (Fsp3) is 0.188. The second-order valence-corrected chi connectivity index (χ2v) is 5.15. The van der Waals surface area contributed by atoms with E-state index >= 15 is 0 Å². The molecule has 0 atom stereocenters. The van der Waals surface area contributed by atoms with Crippen molar-refractivity contribution in [3.05, 3.63) is 65.1 Å². The lowest BCUT2D eigenvalue weighted by atomic mass is 10.2. The molecule has 0 radical (unpaired) electrons. The van der Waals surface area contributed by atoms with E-state index in [9.17, 15) is 9.59 Å². The second-order valence-electron chi connectivity index (χ2n) is 5.15. The number of carbonyl (C=O) groups excluding carboxylic acids is 1. The van der Waals surface area contributed by atoms with Crippen molar-refractivity contribution in [2.24, 2.45) is 7.05 Å². The fourth-order valence-electron chi connectivity index (χ4n) is 2.20. The summed E-state index contributed by atoms with van der Waals surface area (Å²) in [5, 5.41) is 7.10. The Labute approximate surface area is 137 Å². The molecule has 0 aliphatic heterocycles. The summed E-state index contributed by atoms with van der Waals surface area (Å²) >= 11 is 0. The summed E-state index contributed by atoms with van der Waals surface area (Å²) in [6, 6.07) is 5.01. The molecule has 8 heteroatoms. The van der Waals surface area contributed by atoms with Crippen LogP contribution < -0.4 is 10.9 Å². The zero-order chi connectivity index (χ0) is 16.9. The molecule has 0 unspecified atom stereocenters. The molecular formula is C16H16N6O2. The number of nitrogens with one attached hydrogen (secondary N) is 1. The maximum absolute atomic E-state index is 12.1. The molecule has 3 aromatic rings. The summed E-state index contributed by atoms with van der Waals surface area (Å²) in [7, 11) is 1.61. The molecule has 3 rings (SSSR count). The van der Waals surface area contributed by atoms with Gasteiger partial charge in [-0.3, -0.25) is 24.2 Å². The second kappa shape index (κ2) is 6.86. The van der Waals surface area contributed by atoms with Crippen LogP contribution in [0.4, 0.5) is 0 Å². The molecule has 1 N–H and O–H groups in total. The third-order valence-electron chi connectivity index (χ3n) is 3.46. The van der Waals surface area contributed by atoms with Crippen LogP contribution in [-0.2, 0) is 13.6 Å². The highest BCUT2D eigenvalue weighted by Gasteiger charge is 2.10. The van der Waals surface area contributed by atoms with Gasteiger partial charge in [0, 0.05) is 38.4 Å². The van der Waals surface area contributed by atoms with Crippen LogP contribution in [0.3, 0.4) is 0 Å². The molecule has 3 aromatic heterocycles. The van der Waals surface area contributed by atoms with Crippen molar-refractivity contribution in [3.63, 3.8) is 0 Å². The molecular weight excluding hydrogens is 308 g/mol. The molecule has 0 saturated carbocycles. The van der Waals surface area contributed by atoms with Gasteiger partial charge in [0.1, 0.15) is 17.0 Å². The van der Waals surface area contributed by atoms with Gasteiger partial charge in [0.25, 0.3) is 11.5 Å². The van der Waals surface area contributed by atoms with Crippen molar-refractivity contribution in [3.8, 4) is 11.4 Å². The third-order valence-corrected chi connectivity index (χ3v) is 3.46. The van der Waals surface area contributed by atoms with Gasteiger partial charge in [-0.2, -0.15) is 5.10 Å². The Bertz CT molecular complexity index is 900. The van der Waals surface area contributed by atoms with Crippen LogP contribution in [0.1, 0.15) is 10.4 Å². The van der Waals surface area contributed by atoms with Gasteiger partial charge in [-0.05, 0) is 18.2 Å². The number of hydrogen-bond donors (Lipinski definition) is 1. The minimum absolute atomic E-state index is 0.126. The van der Waals surface area contributed by atoms with Crippen LogP contribution in [0.2, 0.25) is 0 Å². The van der Waals surface area contributed by atoms with Gasteiger partial charge in [-0.15, -0.1) is 0 Å². The van der Waals surface area contributed by atoms with E-state index < -0.39 is 5.91 Å². The SMILES string of the molecule is Cn1cccc(C(=O)NCCn2ccc(-c3cnccn3)n2)c1=O. The summed E-state index contributed by atoms with van der Waals surface area (Å²) in [5.74, 6) is -0.391. The highest BCUT2D eigenvalue weighted by Crippen LogP contribution is 2.11. The first-order valence-corrected chi connectivity index (χ1v) is 7.39. The molecule has 0 aromatic carbocycles. The predicted octanol–water partition coefficient (Wildman–Crippen LogP) is 0.469. The minimum atomic E-state index is -0.391. The summed E-state index contributed by atoms with van der Waals surface area (Å²) in [4.78, 5) is 32.1. The zero-order valence-electron chi connectivity index (χ0n) is 13.1. The minimum Gasteiger partial charge on any atom is -0.350 e. The number of amides is 1. The monoisotopic (exact) mass is 324 g/mol. The van der Waals surface area contributed by atoms with E-state index in [1.54, 1.807) is 48.8 Å². The number of aromatic nitrogens is 5. The molecule has 0 aliphatic rings. The van der Waals surface area contributed by atoms with Crippen molar-refractivity contribution in [1.29, 1.82) is 0 Å². The topological polar surface area (TPSA) is 94.7 Å². The Morgan fingerprint density at radius 2 is 2.08 bits per heavy atom. The first-order valence-electron chi connectivity index (χ1n) is 7.39. The van der Waals surface area contributed by atoms with E-state index in [4.69, 9.17) is 0 Å². The van der Waals surface area contributed by atoms with Crippen molar-refractivity contribution in [1.82, 2.24) is 29.6 Å². The molecule has 122 valence electrons. The van der Waals surface area contributed by atoms with Gasteiger partial charge >= 0.3 is 0 Å². The smallest absolute Gasteiger partial charge is 0.263 e. The molecule has 0 fully saturated rings. The average Bonchev–Trinajstić information content (AvgIpc) is 3.07. The Kier molecular flexibility index (Phi) is 4.46. The Morgan fingerprint density at radius 3 is 2.88 bits per heavy atom. The van der Waals surface area contributed by atoms with Gasteiger partial charge < -0.3 is 9.88 Å². The summed E-state index contributed by atoms with van der Waals surface area (Å²) in [5.41, 5.74) is 1.21. The molecule has 0 aliphatic carbocycles. The van der Waals surface area contributed by atoms with E-state index in [-0.39, 0.29) is 11.1 Å². The quantitative estimate of drug-likeness (QED) is 0.736. The number of aryl methyl sites for hydroxylation is 1. The standard InChI is InChI=1S/C16H16N6O2/c1-21-8-2-3-12(16(21)24)15(23)19-7-10-22-9-4-13(20-22)14-11-17-5-6-18-14/h2-6,8-9,11H,7,10H2,1H3,(H,19,23). The van der Waals surface area contributed by atoms with Crippen LogP contribution in [0.25, 0.3) is 11.4 Å². The van der Waals surface area contributed by atoms with Crippen LogP contribution >= 0.6 is 0 Å². The first-order chi connectivity index (χ1) is 11.6. The van der Waals surface area contributed by atoms with Crippen LogP contribution in [-0.4, -0.2) is 36.8 Å². The molecule has 0 spiro atoms. The van der Waals surface area contributed by atoms with Gasteiger partial charge in [0.05, 0.1) is 12.7 Å². The molecule has 1 amide bonds. The lowest BCUT2D eigenvalue weighted by Crippen LogP contribution is -2.33. The molecule has 0 bridgehead atoms. The largest absolute Gasteiger partial charge is 0.350 e. The van der Waals surface area contributed by atoms with E-state index in [1.165, 1.54) is 10.6 Å². The van der Waals surface area contributed by atoms with E-state index in [0.717, 1.165) is 0 Å². The number of pyridine rings is 1. The number of carbonyl (C=O) groups is 1. The molecule has 3 heterocycles. The average molecular weight is 324 g/mol. The summed E-state index contributed by atoms with van der Waals surface area (Å²) in [6.07, 6.45) is 8.26. The summed E-state index contributed by atoms with van der Waals surface area (Å²) < 4.78 is 3.07. The highest BCUT2D eigenvalue weighted by atomic mass is 16.2. The number of nitrogens with zero attached hydrogens (tertiary/aromatic N) is 5. The Balaban J connectivity index is 1.59. The lowest BCUT2D eigenvalue weighted by Gasteiger charge is -2.06. The predicted molar refractivity (Wildman–Crippen MR) is 87.3 cm³/mol. The van der Waals surface area contributed by atoms with Crippen LogP contribution in [0, 0.1) is 0 Å². The fourth-order valence-corrected chi connectivity index (χ4v) is 2.20. The highest BCUT2D eigenvalue weighted by molar-refractivity contribution is 5.93. The van der Waals surface area contributed by atoms with Gasteiger partial charge in [-0.25, -0.2) is 0 Å². The van der Waals surface area contributed by atoms with Crippen molar-refractivity contribution in [2.75, 3.05) is 6.54 Å². The third kappa shape index (κ3) is 3.37. The first kappa shape index (κ1) is 15.6. The van der Waals surface area contributed by atoms with Crippen molar-refractivity contribution < 1.29 is 4.79 Å². The van der Waals surface area contributed by atoms with E-state index in [1.807, 2.05) is 6.07 Å².